The number of nitrogen functional groups attached to an aromatic ring is 1. The quantitative estimate of drug-likeness (QED) is 0.510. The number of phenolic OH excluding ortho intramolecular Hbond substituents is 1. The lowest BCUT2D eigenvalue weighted by Crippen LogP contribution is -2.30. The highest BCUT2D eigenvalue weighted by Crippen LogP contribution is 2.22. The molecule has 5 nitrogen and oxygen atoms in total. The van der Waals surface area contributed by atoms with Crippen LogP contribution in [0.2, 0.25) is 0 Å². The summed E-state index contributed by atoms with van der Waals surface area (Å²) in [5.74, 6) is -0.465. The summed E-state index contributed by atoms with van der Waals surface area (Å²) in [5.41, 5.74) is 6.96. The topological polar surface area (TPSA) is 90.4 Å². The van der Waals surface area contributed by atoms with E-state index in [1.807, 2.05) is 36.4 Å². The summed E-state index contributed by atoms with van der Waals surface area (Å²) in [6.45, 7) is 0.303. The van der Waals surface area contributed by atoms with Crippen LogP contribution in [0, 0.1) is 11.3 Å². The highest BCUT2D eigenvalue weighted by atomic mass is 16.3. The third-order valence-corrected chi connectivity index (χ3v) is 3.04. The second-order valence-corrected chi connectivity index (χ2v) is 4.58. The molecule has 5 heteroatoms. The van der Waals surface area contributed by atoms with Crippen molar-refractivity contribution in [2.75, 3.05) is 12.3 Å². The highest BCUT2D eigenvalue weighted by molar-refractivity contribution is 5.95. The Hall–Kier alpha value is -3.00. The molecule has 2 aromatic rings. The molecule has 1 amide bonds. The number of rotatable bonds is 4. The van der Waals surface area contributed by atoms with Crippen LogP contribution in [-0.2, 0) is 6.54 Å². The number of aromatic hydroxyl groups is 1. The number of phenols is 1. The Morgan fingerprint density at radius 1 is 1.24 bits per heavy atom. The Kier molecular flexibility index (Phi) is 4.42. The normalized spacial score (nSPS) is 9.86. The van der Waals surface area contributed by atoms with Gasteiger partial charge in [0.25, 0.3) is 5.91 Å². The van der Waals surface area contributed by atoms with Gasteiger partial charge in [-0.1, -0.05) is 30.3 Å². The maximum absolute atomic E-state index is 12.4. The third-order valence-electron chi connectivity index (χ3n) is 3.04. The van der Waals surface area contributed by atoms with Crippen LogP contribution in [0.15, 0.2) is 48.5 Å². The van der Waals surface area contributed by atoms with Crippen LogP contribution in [0.25, 0.3) is 0 Å². The third kappa shape index (κ3) is 3.51. The molecule has 0 spiro atoms. The molecule has 2 rings (SSSR count). The van der Waals surface area contributed by atoms with E-state index in [9.17, 15) is 9.90 Å². The van der Waals surface area contributed by atoms with Crippen molar-refractivity contribution in [2.45, 2.75) is 6.54 Å². The molecule has 21 heavy (non-hydrogen) atoms. The minimum Gasteiger partial charge on any atom is -0.506 e. The zero-order valence-electron chi connectivity index (χ0n) is 11.4. The summed E-state index contributed by atoms with van der Waals surface area (Å²) in [6, 6.07) is 15.7. The van der Waals surface area contributed by atoms with Crippen LogP contribution in [0.1, 0.15) is 15.9 Å². The van der Waals surface area contributed by atoms with Gasteiger partial charge in [-0.3, -0.25) is 4.79 Å². The maximum Gasteiger partial charge on any atom is 0.255 e. The van der Waals surface area contributed by atoms with Crippen molar-refractivity contribution in [3.8, 4) is 11.8 Å². The van der Waals surface area contributed by atoms with E-state index in [-0.39, 0.29) is 23.9 Å². The number of nitrogens with two attached hydrogens (primary N) is 1. The summed E-state index contributed by atoms with van der Waals surface area (Å²) in [6.07, 6.45) is 0. The molecule has 0 aliphatic carbocycles. The molecule has 0 aliphatic heterocycles. The average Bonchev–Trinajstić information content (AvgIpc) is 2.50. The van der Waals surface area contributed by atoms with Crippen molar-refractivity contribution in [2.24, 2.45) is 0 Å². The van der Waals surface area contributed by atoms with E-state index in [2.05, 4.69) is 0 Å². The minimum atomic E-state index is -0.323. The van der Waals surface area contributed by atoms with E-state index >= 15 is 0 Å². The van der Waals surface area contributed by atoms with Crippen molar-refractivity contribution in [3.63, 3.8) is 0 Å². The number of carbonyl (C=O) groups excluding carboxylic acids is 1. The van der Waals surface area contributed by atoms with Crippen LogP contribution >= 0.6 is 0 Å². The first-order valence-electron chi connectivity index (χ1n) is 6.40. The Labute approximate surface area is 122 Å². The molecular formula is C16H15N3O2. The Morgan fingerprint density at radius 3 is 2.57 bits per heavy atom. The molecule has 0 bridgehead atoms. The molecule has 106 valence electrons. The van der Waals surface area contributed by atoms with E-state index in [0.717, 1.165) is 5.56 Å². The van der Waals surface area contributed by atoms with Crippen molar-refractivity contribution in [1.82, 2.24) is 4.90 Å². The van der Waals surface area contributed by atoms with Gasteiger partial charge in [0.2, 0.25) is 0 Å². The van der Waals surface area contributed by atoms with Gasteiger partial charge in [-0.25, -0.2) is 0 Å². The van der Waals surface area contributed by atoms with Crippen LogP contribution in [0.3, 0.4) is 0 Å². The fourth-order valence-corrected chi connectivity index (χ4v) is 1.95. The summed E-state index contributed by atoms with van der Waals surface area (Å²) in [5, 5.41) is 18.5. The fraction of sp³-hybridized carbons (Fsp3) is 0.125. The van der Waals surface area contributed by atoms with Crippen LogP contribution in [-0.4, -0.2) is 22.5 Å². The van der Waals surface area contributed by atoms with Gasteiger partial charge in [0.15, 0.2) is 0 Å². The van der Waals surface area contributed by atoms with E-state index in [4.69, 9.17) is 11.0 Å². The summed E-state index contributed by atoms with van der Waals surface area (Å²) < 4.78 is 0. The molecule has 2 aromatic carbocycles. The number of amides is 1. The van der Waals surface area contributed by atoms with Gasteiger partial charge in [-0.2, -0.15) is 5.26 Å². The van der Waals surface area contributed by atoms with Crippen molar-refractivity contribution < 1.29 is 9.90 Å². The Bertz CT molecular complexity index is 678. The molecule has 0 fully saturated rings. The first kappa shape index (κ1) is 14.4. The van der Waals surface area contributed by atoms with E-state index < -0.39 is 0 Å². The van der Waals surface area contributed by atoms with Gasteiger partial charge in [-0.05, 0) is 23.8 Å². The first-order chi connectivity index (χ1) is 10.1. The van der Waals surface area contributed by atoms with Gasteiger partial charge < -0.3 is 15.7 Å². The van der Waals surface area contributed by atoms with Gasteiger partial charge in [-0.15, -0.1) is 0 Å². The molecule has 0 unspecified atom stereocenters. The molecule has 0 radical (unpaired) electrons. The highest BCUT2D eigenvalue weighted by Gasteiger charge is 2.17. The first-order valence-corrected chi connectivity index (χ1v) is 6.40. The number of nitriles is 1. The predicted molar refractivity (Wildman–Crippen MR) is 79.3 cm³/mol. The van der Waals surface area contributed by atoms with Gasteiger partial charge in [0.05, 0.1) is 11.8 Å². The van der Waals surface area contributed by atoms with E-state index in [1.165, 1.54) is 23.1 Å². The smallest absolute Gasteiger partial charge is 0.255 e. The van der Waals surface area contributed by atoms with Crippen LogP contribution in [0.4, 0.5) is 5.69 Å². The van der Waals surface area contributed by atoms with E-state index in [1.54, 1.807) is 0 Å². The molecule has 0 atom stereocenters. The van der Waals surface area contributed by atoms with Crippen molar-refractivity contribution in [1.29, 1.82) is 5.26 Å². The second-order valence-electron chi connectivity index (χ2n) is 4.58. The molecule has 0 saturated heterocycles. The largest absolute Gasteiger partial charge is 0.506 e. The van der Waals surface area contributed by atoms with Crippen LogP contribution in [0.5, 0.6) is 5.75 Å². The Morgan fingerprint density at radius 2 is 1.95 bits per heavy atom. The lowest BCUT2D eigenvalue weighted by atomic mass is 10.1. The van der Waals surface area contributed by atoms with Crippen LogP contribution < -0.4 is 5.73 Å². The average molecular weight is 281 g/mol. The number of hydrogen-bond acceptors (Lipinski definition) is 4. The summed E-state index contributed by atoms with van der Waals surface area (Å²) in [7, 11) is 0. The van der Waals surface area contributed by atoms with Crippen molar-refractivity contribution >= 4 is 11.6 Å². The summed E-state index contributed by atoms with van der Waals surface area (Å²) >= 11 is 0. The molecule has 0 aromatic heterocycles. The van der Waals surface area contributed by atoms with Gasteiger partial charge in [0, 0.05) is 12.1 Å². The van der Waals surface area contributed by atoms with Crippen molar-refractivity contribution in [3.05, 3.63) is 59.7 Å². The molecule has 0 heterocycles. The lowest BCUT2D eigenvalue weighted by Gasteiger charge is -2.20. The number of benzene rings is 2. The lowest BCUT2D eigenvalue weighted by molar-refractivity contribution is 0.0764. The standard InChI is InChI=1S/C16H15N3O2/c17-8-9-19(11-12-4-2-1-3-5-12)16(21)13-6-7-14(18)15(20)10-13/h1-7,10,20H,9,11,18H2. The zero-order chi connectivity index (χ0) is 15.2. The second kappa shape index (κ2) is 6.44. The van der Waals surface area contributed by atoms with Gasteiger partial charge in [0.1, 0.15) is 12.3 Å². The Balaban J connectivity index is 2.23. The molecule has 0 aliphatic rings. The molecule has 0 saturated carbocycles. The maximum atomic E-state index is 12.4. The number of carbonyl (C=O) groups is 1. The van der Waals surface area contributed by atoms with E-state index in [0.29, 0.717) is 12.1 Å². The fourth-order valence-electron chi connectivity index (χ4n) is 1.95. The monoisotopic (exact) mass is 281 g/mol. The zero-order valence-corrected chi connectivity index (χ0v) is 11.4. The van der Waals surface area contributed by atoms with Gasteiger partial charge >= 0.3 is 0 Å². The number of hydrogen-bond donors (Lipinski definition) is 2. The number of anilines is 1. The molecule has 3 N–H and O–H groups in total. The SMILES string of the molecule is N#CCN(Cc1ccccc1)C(=O)c1ccc(N)c(O)c1. The summed E-state index contributed by atoms with van der Waals surface area (Å²) in [4.78, 5) is 13.8. The number of nitrogens with zero attached hydrogens (tertiary/aromatic N) is 2. The predicted octanol–water partition coefficient (Wildman–Crippen LogP) is 2.14. The minimum absolute atomic E-state index is 0.0289. The molecular weight excluding hydrogens is 266 g/mol.